The van der Waals surface area contributed by atoms with Gasteiger partial charge in [-0.2, -0.15) is 8.78 Å². The molecule has 9 heteroatoms. The molecule has 0 saturated carbocycles. The number of rotatable bonds is 5. The Balaban J connectivity index is 2.55. The molecule has 0 radical (unpaired) electrons. The Kier molecular flexibility index (Phi) is 5.32. The van der Waals surface area contributed by atoms with Crippen LogP contribution in [0.5, 0.6) is 0 Å². The molecule has 0 aliphatic heterocycles. The van der Waals surface area contributed by atoms with Crippen molar-refractivity contribution in [2.24, 2.45) is 0 Å². The number of halogens is 2. The Morgan fingerprint density at radius 2 is 1.79 bits per heavy atom. The van der Waals surface area contributed by atoms with Crippen molar-refractivity contribution >= 4 is 5.97 Å². The molecule has 0 fully saturated rings. The van der Waals surface area contributed by atoms with E-state index >= 15 is 0 Å². The maximum absolute atomic E-state index is 13.5. The number of nitrogen functional groups attached to an aromatic ring is 1. The first-order valence-corrected chi connectivity index (χ1v) is 8.28. The number of carbonyl (C=O) groups is 1. The monoisotopic (exact) mass is 393 g/mol. The molecule has 0 aliphatic carbocycles. The van der Waals surface area contributed by atoms with E-state index in [4.69, 9.17) is 10.6 Å². The molecule has 150 valence electrons. The molecular formula is C19H21F2N3O4. The van der Waals surface area contributed by atoms with E-state index in [-0.39, 0.29) is 15.9 Å². The van der Waals surface area contributed by atoms with Crippen molar-refractivity contribution in [3.63, 3.8) is 0 Å². The topological polar surface area (TPSA) is 96.3 Å². The molecule has 2 rings (SSSR count). The Labute approximate surface area is 159 Å². The Bertz CT molecular complexity index is 1060. The van der Waals surface area contributed by atoms with Crippen LogP contribution in [0.15, 0.2) is 52.1 Å². The second-order valence-electron chi connectivity index (χ2n) is 6.97. The minimum Gasteiger partial charge on any atom is -0.452 e. The first kappa shape index (κ1) is 21.1. The van der Waals surface area contributed by atoms with Crippen LogP contribution in [0.2, 0.25) is 0 Å². The van der Waals surface area contributed by atoms with Crippen molar-refractivity contribution in [3.05, 3.63) is 74.6 Å². The molecule has 0 saturated heterocycles. The predicted octanol–water partition coefficient (Wildman–Crippen LogP) is 2.34. The number of ether oxygens (including phenoxy) is 1. The second-order valence-corrected chi connectivity index (χ2v) is 6.97. The number of carbonyl (C=O) groups excluding carboxylic acids is 1. The molecule has 0 amide bonds. The van der Waals surface area contributed by atoms with Crippen molar-refractivity contribution in [3.8, 4) is 5.69 Å². The van der Waals surface area contributed by atoms with Gasteiger partial charge in [0.15, 0.2) is 0 Å². The zero-order valence-corrected chi connectivity index (χ0v) is 16.0. The van der Waals surface area contributed by atoms with E-state index in [1.807, 2.05) is 0 Å². The lowest BCUT2D eigenvalue weighted by Gasteiger charge is -2.25. The minimum absolute atomic E-state index is 0.0113. The van der Waals surface area contributed by atoms with E-state index in [2.05, 4.69) is 6.58 Å². The van der Waals surface area contributed by atoms with Gasteiger partial charge in [-0.25, -0.2) is 18.8 Å². The van der Waals surface area contributed by atoms with Gasteiger partial charge in [0.2, 0.25) is 0 Å². The Morgan fingerprint density at radius 3 is 2.32 bits per heavy atom. The van der Waals surface area contributed by atoms with Gasteiger partial charge >= 0.3 is 11.7 Å². The summed E-state index contributed by atoms with van der Waals surface area (Å²) in [7, 11) is 0. The number of hydrogen-bond donors (Lipinski definition) is 1. The maximum Gasteiger partial charge on any atom is 0.354 e. The fourth-order valence-corrected chi connectivity index (χ4v) is 2.28. The van der Waals surface area contributed by atoms with E-state index in [9.17, 15) is 23.2 Å². The molecule has 2 aromatic rings. The first-order valence-electron chi connectivity index (χ1n) is 8.28. The van der Waals surface area contributed by atoms with E-state index in [0.717, 1.165) is 0 Å². The van der Waals surface area contributed by atoms with Crippen LogP contribution in [0.4, 0.5) is 8.78 Å². The van der Waals surface area contributed by atoms with Gasteiger partial charge in [0, 0.05) is 13.0 Å². The number of esters is 1. The standard InChI is InChI=1S/C19H21F2N3O4/c1-11(2)18(3,4)28-16(26)12-7-6-8-13(9-12)23-15(25)10-14(19(5,20)21)24(22)17(23)27/h6-10H,1,22H2,2-5H3. The molecule has 1 aromatic heterocycles. The van der Waals surface area contributed by atoms with E-state index < -0.39 is 34.4 Å². The van der Waals surface area contributed by atoms with Crippen molar-refractivity contribution in [2.75, 3.05) is 5.84 Å². The van der Waals surface area contributed by atoms with Crippen LogP contribution in [-0.4, -0.2) is 20.8 Å². The summed E-state index contributed by atoms with van der Waals surface area (Å²) < 4.78 is 33.3. The van der Waals surface area contributed by atoms with Gasteiger partial charge < -0.3 is 10.6 Å². The lowest BCUT2D eigenvalue weighted by molar-refractivity contribution is 0.00885. The van der Waals surface area contributed by atoms with E-state index in [1.54, 1.807) is 20.8 Å². The molecule has 0 bridgehead atoms. The van der Waals surface area contributed by atoms with Crippen LogP contribution in [-0.2, 0) is 10.7 Å². The van der Waals surface area contributed by atoms with Crippen LogP contribution in [0.25, 0.3) is 5.69 Å². The number of nitrogens with zero attached hydrogens (tertiary/aromatic N) is 2. The predicted molar refractivity (Wildman–Crippen MR) is 100 cm³/mol. The number of hydrogen-bond acceptors (Lipinski definition) is 5. The van der Waals surface area contributed by atoms with Gasteiger partial charge in [-0.1, -0.05) is 12.6 Å². The Morgan fingerprint density at radius 1 is 1.18 bits per heavy atom. The molecule has 2 N–H and O–H groups in total. The molecule has 1 heterocycles. The number of alkyl halides is 2. The smallest absolute Gasteiger partial charge is 0.354 e. The van der Waals surface area contributed by atoms with Gasteiger partial charge in [0.1, 0.15) is 11.3 Å². The molecular weight excluding hydrogens is 372 g/mol. The van der Waals surface area contributed by atoms with Crippen LogP contribution in [0.3, 0.4) is 0 Å². The van der Waals surface area contributed by atoms with Crippen molar-refractivity contribution in [1.29, 1.82) is 0 Å². The maximum atomic E-state index is 13.5. The summed E-state index contributed by atoms with van der Waals surface area (Å²) in [4.78, 5) is 37.1. The van der Waals surface area contributed by atoms with Crippen LogP contribution < -0.4 is 17.1 Å². The van der Waals surface area contributed by atoms with Gasteiger partial charge in [-0.05, 0) is 44.5 Å². The third kappa shape index (κ3) is 4.03. The van der Waals surface area contributed by atoms with Crippen LogP contribution in [0, 0.1) is 0 Å². The average molecular weight is 393 g/mol. The van der Waals surface area contributed by atoms with Gasteiger partial charge in [0.05, 0.1) is 11.3 Å². The number of benzene rings is 1. The lowest BCUT2D eigenvalue weighted by atomic mass is 10.0. The molecule has 0 aliphatic rings. The molecule has 1 aromatic carbocycles. The summed E-state index contributed by atoms with van der Waals surface area (Å²) in [5.41, 5.74) is -3.35. The largest absolute Gasteiger partial charge is 0.452 e. The Hall–Kier alpha value is -3.23. The molecule has 7 nitrogen and oxygen atoms in total. The van der Waals surface area contributed by atoms with Gasteiger partial charge in [0.25, 0.3) is 11.5 Å². The zero-order valence-electron chi connectivity index (χ0n) is 16.0. The van der Waals surface area contributed by atoms with E-state index in [1.165, 1.54) is 24.3 Å². The minimum atomic E-state index is -3.48. The number of nitrogens with two attached hydrogens (primary N) is 1. The fraction of sp³-hybridized carbons (Fsp3) is 0.316. The highest BCUT2D eigenvalue weighted by molar-refractivity contribution is 5.90. The molecule has 28 heavy (non-hydrogen) atoms. The summed E-state index contributed by atoms with van der Waals surface area (Å²) in [6, 6.07) is 6.04. The first-order chi connectivity index (χ1) is 12.8. The lowest BCUT2D eigenvalue weighted by Crippen LogP contribution is -2.45. The van der Waals surface area contributed by atoms with Crippen LogP contribution >= 0.6 is 0 Å². The van der Waals surface area contributed by atoms with Crippen molar-refractivity contribution < 1.29 is 18.3 Å². The summed E-state index contributed by atoms with van der Waals surface area (Å²) in [6.45, 7) is 9.32. The third-order valence-corrected chi connectivity index (χ3v) is 4.30. The third-order valence-electron chi connectivity index (χ3n) is 4.30. The highest BCUT2D eigenvalue weighted by Crippen LogP contribution is 2.24. The highest BCUT2D eigenvalue weighted by atomic mass is 19.3. The normalized spacial score (nSPS) is 11.9. The molecule has 0 spiro atoms. The molecule has 0 unspecified atom stereocenters. The van der Waals surface area contributed by atoms with Crippen molar-refractivity contribution in [2.45, 2.75) is 39.2 Å². The summed E-state index contributed by atoms with van der Waals surface area (Å²) in [5, 5.41) is 0. The van der Waals surface area contributed by atoms with Gasteiger partial charge in [-0.3, -0.25) is 4.79 Å². The summed E-state index contributed by atoms with van der Waals surface area (Å²) in [6.07, 6.45) is 0. The van der Waals surface area contributed by atoms with Crippen LogP contribution in [0.1, 0.15) is 43.7 Å². The quantitative estimate of drug-likeness (QED) is 0.478. The summed E-state index contributed by atoms with van der Waals surface area (Å²) in [5.74, 6) is 1.27. The highest BCUT2D eigenvalue weighted by Gasteiger charge is 2.30. The molecule has 0 atom stereocenters. The average Bonchev–Trinajstić information content (AvgIpc) is 2.57. The van der Waals surface area contributed by atoms with Crippen molar-refractivity contribution in [1.82, 2.24) is 9.24 Å². The zero-order chi connectivity index (χ0) is 21.4. The fourth-order valence-electron chi connectivity index (χ4n) is 2.28. The number of aromatic nitrogens is 2. The second kappa shape index (κ2) is 7.06. The van der Waals surface area contributed by atoms with Gasteiger partial charge in [-0.15, -0.1) is 0 Å². The van der Waals surface area contributed by atoms with E-state index in [0.29, 0.717) is 23.1 Å². The SMILES string of the molecule is C=C(C)C(C)(C)OC(=O)c1cccc(-n2c(=O)cc(C(C)(F)F)n(N)c2=O)c1. The summed E-state index contributed by atoms with van der Waals surface area (Å²) >= 11 is 0.